The molecule has 0 atom stereocenters. The standard InChI is InChI=1S/C45H28N4S/c1-3-13-29(14-4-1)33-19-11-20-36-34-17-7-9-23-39(34)49(41(33)36)32-27-25-31(26-28-32)44-46-43(30-15-5-2-6-16-30)47-45(48-44)38-22-12-21-37-35-18-8-10-24-40(35)50-42(37)38/h1-28H/i1D,3D,4D,7D,9D,13D,14D,17D,23D. The van der Waals surface area contributed by atoms with Crippen molar-refractivity contribution in [3.63, 3.8) is 0 Å². The number of hydrogen-bond acceptors (Lipinski definition) is 4. The molecule has 50 heavy (non-hydrogen) atoms. The maximum Gasteiger partial charge on any atom is 0.165 e. The van der Waals surface area contributed by atoms with E-state index in [0.29, 0.717) is 39.6 Å². The Morgan fingerprint density at radius 2 is 1.10 bits per heavy atom. The summed E-state index contributed by atoms with van der Waals surface area (Å²) in [5.74, 6) is 1.42. The predicted molar refractivity (Wildman–Crippen MR) is 209 cm³/mol. The Labute approximate surface area is 305 Å². The molecule has 0 N–H and O–H groups in total. The lowest BCUT2D eigenvalue weighted by Gasteiger charge is -2.13. The minimum absolute atomic E-state index is 0.0441. The molecule has 3 heterocycles. The molecule has 0 aliphatic heterocycles. The molecule has 10 aromatic rings. The monoisotopic (exact) mass is 665 g/mol. The van der Waals surface area contributed by atoms with Crippen LogP contribution < -0.4 is 0 Å². The molecule has 4 nitrogen and oxygen atoms in total. The van der Waals surface area contributed by atoms with Crippen LogP contribution in [-0.2, 0) is 0 Å². The summed E-state index contributed by atoms with van der Waals surface area (Å²) < 4.78 is 81.8. The lowest BCUT2D eigenvalue weighted by Crippen LogP contribution is -2.01. The number of para-hydroxylation sites is 2. The van der Waals surface area contributed by atoms with Crippen molar-refractivity contribution < 1.29 is 12.3 Å². The van der Waals surface area contributed by atoms with Crippen molar-refractivity contribution >= 4 is 53.3 Å². The van der Waals surface area contributed by atoms with Crippen LogP contribution in [0, 0.1) is 0 Å². The quantitative estimate of drug-likeness (QED) is 0.184. The molecule has 5 heteroatoms. The second-order valence-corrected chi connectivity index (χ2v) is 12.8. The van der Waals surface area contributed by atoms with Gasteiger partial charge in [-0.05, 0) is 48.0 Å². The van der Waals surface area contributed by atoms with Crippen molar-refractivity contribution in [2.24, 2.45) is 0 Å². The fourth-order valence-corrected chi connectivity index (χ4v) is 7.85. The van der Waals surface area contributed by atoms with Crippen LogP contribution in [0.3, 0.4) is 0 Å². The van der Waals surface area contributed by atoms with E-state index in [1.54, 1.807) is 46.2 Å². The molecule has 0 unspecified atom stereocenters. The first-order chi connectivity index (χ1) is 28.5. The van der Waals surface area contributed by atoms with Gasteiger partial charge in [0, 0.05) is 58.9 Å². The fourth-order valence-electron chi connectivity index (χ4n) is 6.64. The number of aromatic nitrogens is 4. The van der Waals surface area contributed by atoms with Gasteiger partial charge in [-0.25, -0.2) is 15.0 Å². The zero-order valence-electron chi connectivity index (χ0n) is 35.2. The van der Waals surface area contributed by atoms with Crippen LogP contribution in [0.15, 0.2) is 170 Å². The number of rotatable bonds is 5. The fraction of sp³-hybridized carbons (Fsp3) is 0. The summed E-state index contributed by atoms with van der Waals surface area (Å²) in [7, 11) is 0. The van der Waals surface area contributed by atoms with Crippen LogP contribution in [-0.4, -0.2) is 19.5 Å². The molecule has 0 radical (unpaired) electrons. The third-order valence-corrected chi connectivity index (χ3v) is 10.1. The van der Waals surface area contributed by atoms with Crippen molar-refractivity contribution in [3.05, 3.63) is 170 Å². The molecule has 0 fully saturated rings. The summed E-state index contributed by atoms with van der Waals surface area (Å²) in [4.78, 5) is 15.0. The molecule has 0 amide bonds. The van der Waals surface area contributed by atoms with Gasteiger partial charge >= 0.3 is 0 Å². The van der Waals surface area contributed by atoms with E-state index in [9.17, 15) is 0 Å². The van der Waals surface area contributed by atoms with Gasteiger partial charge in [0.1, 0.15) is 0 Å². The Hall–Kier alpha value is -6.43. The number of benzene rings is 7. The van der Waals surface area contributed by atoms with E-state index >= 15 is 0 Å². The normalized spacial score (nSPS) is 14.1. The minimum Gasteiger partial charge on any atom is -0.309 e. The SMILES string of the molecule is [2H]c1c([2H])c([2H])c(-c2cccc3c4c([2H])c([2H])c([2H])c([2H])c4n(-c4ccc(-c5nc(-c6ccccc6)nc(-c6cccc7c6sc6ccccc67)n5)cc4)c23)c([2H])c1[2H]. The van der Waals surface area contributed by atoms with Crippen molar-refractivity contribution in [2.75, 3.05) is 0 Å². The zero-order chi connectivity index (χ0) is 40.9. The summed E-state index contributed by atoms with van der Waals surface area (Å²) in [6, 6.07) is 32.7. The van der Waals surface area contributed by atoms with Crippen LogP contribution in [0.5, 0.6) is 0 Å². The summed E-state index contributed by atoms with van der Waals surface area (Å²) in [5.41, 5.74) is 3.64. The van der Waals surface area contributed by atoms with Crippen LogP contribution in [0.1, 0.15) is 12.3 Å². The highest BCUT2D eigenvalue weighted by molar-refractivity contribution is 7.26. The molecular formula is C45H28N4S. The molecule has 3 aromatic heterocycles. The van der Waals surface area contributed by atoms with Gasteiger partial charge in [0.25, 0.3) is 0 Å². The molecule has 0 aliphatic rings. The van der Waals surface area contributed by atoms with Gasteiger partial charge in [-0.1, -0.05) is 127 Å². The molecule has 0 saturated heterocycles. The first kappa shape index (κ1) is 20.8. The largest absolute Gasteiger partial charge is 0.309 e. The lowest BCUT2D eigenvalue weighted by molar-refractivity contribution is 1.08. The smallest absolute Gasteiger partial charge is 0.165 e. The van der Waals surface area contributed by atoms with Gasteiger partial charge in [-0.2, -0.15) is 0 Å². The van der Waals surface area contributed by atoms with E-state index in [0.717, 1.165) is 31.3 Å². The zero-order valence-corrected chi connectivity index (χ0v) is 27.0. The summed E-state index contributed by atoms with van der Waals surface area (Å²) in [6.45, 7) is 0. The highest BCUT2D eigenvalue weighted by Crippen LogP contribution is 2.41. The van der Waals surface area contributed by atoms with E-state index in [4.69, 9.17) is 27.3 Å². The van der Waals surface area contributed by atoms with Gasteiger partial charge in [-0.3, -0.25) is 0 Å². The van der Waals surface area contributed by atoms with Crippen LogP contribution in [0.4, 0.5) is 0 Å². The number of nitrogens with zero attached hydrogens (tertiary/aromatic N) is 4. The van der Waals surface area contributed by atoms with Crippen LogP contribution in [0.25, 0.3) is 93.0 Å². The molecule has 10 rings (SSSR count). The van der Waals surface area contributed by atoms with Crippen LogP contribution in [0.2, 0.25) is 0 Å². The maximum absolute atomic E-state index is 9.09. The second-order valence-electron chi connectivity index (χ2n) is 11.8. The lowest BCUT2D eigenvalue weighted by atomic mass is 10.0. The molecule has 234 valence electrons. The predicted octanol–water partition coefficient (Wildman–Crippen LogP) is 12.0. The topological polar surface area (TPSA) is 43.6 Å². The Kier molecular flexibility index (Phi) is 4.84. The number of thiophene rings is 1. The average Bonchev–Trinajstić information content (AvgIpc) is 3.83. The molecule has 0 bridgehead atoms. The van der Waals surface area contributed by atoms with E-state index in [2.05, 4.69) is 18.2 Å². The first-order valence-electron chi connectivity index (χ1n) is 20.5. The van der Waals surface area contributed by atoms with Gasteiger partial charge in [0.05, 0.1) is 23.4 Å². The van der Waals surface area contributed by atoms with E-state index < -0.39 is 42.3 Å². The molecule has 0 spiro atoms. The van der Waals surface area contributed by atoms with Crippen molar-refractivity contribution in [1.82, 2.24) is 19.5 Å². The van der Waals surface area contributed by atoms with E-state index in [-0.39, 0.29) is 34.1 Å². The van der Waals surface area contributed by atoms with Crippen LogP contribution >= 0.6 is 11.3 Å². The number of hydrogen-bond donors (Lipinski definition) is 0. The van der Waals surface area contributed by atoms with E-state index in [1.807, 2.05) is 66.7 Å². The summed E-state index contributed by atoms with van der Waals surface area (Å²) in [5, 5.41) is 2.95. The average molecular weight is 666 g/mol. The second kappa shape index (κ2) is 11.6. The van der Waals surface area contributed by atoms with Gasteiger partial charge in [0.15, 0.2) is 17.5 Å². The van der Waals surface area contributed by atoms with E-state index in [1.165, 1.54) is 0 Å². The maximum atomic E-state index is 9.09. The Morgan fingerprint density at radius 3 is 1.92 bits per heavy atom. The Balaban J connectivity index is 1.21. The first-order valence-corrected chi connectivity index (χ1v) is 16.8. The Morgan fingerprint density at radius 1 is 0.460 bits per heavy atom. The number of fused-ring (bicyclic) bond motifs is 6. The Bertz CT molecular complexity index is 3350. The molecular weight excluding hydrogens is 629 g/mol. The van der Waals surface area contributed by atoms with Crippen molar-refractivity contribution in [1.29, 1.82) is 0 Å². The van der Waals surface area contributed by atoms with Gasteiger partial charge in [-0.15, -0.1) is 11.3 Å². The van der Waals surface area contributed by atoms with Crippen molar-refractivity contribution in [3.8, 4) is 51.0 Å². The summed E-state index contributed by atoms with van der Waals surface area (Å²) >= 11 is 1.69. The molecule has 0 saturated carbocycles. The van der Waals surface area contributed by atoms with Gasteiger partial charge < -0.3 is 4.57 Å². The minimum atomic E-state index is -0.524. The highest BCUT2D eigenvalue weighted by atomic mass is 32.1. The third-order valence-electron chi connectivity index (χ3n) is 8.89. The molecule has 0 aliphatic carbocycles. The summed E-state index contributed by atoms with van der Waals surface area (Å²) in [6.07, 6.45) is 0. The highest BCUT2D eigenvalue weighted by Gasteiger charge is 2.19. The third kappa shape index (κ3) is 4.63. The molecule has 7 aromatic carbocycles. The van der Waals surface area contributed by atoms with Crippen molar-refractivity contribution in [2.45, 2.75) is 0 Å². The van der Waals surface area contributed by atoms with Gasteiger partial charge in [0.2, 0.25) is 0 Å².